The van der Waals surface area contributed by atoms with Crippen LogP contribution in [0, 0.1) is 5.41 Å². The maximum atomic E-state index is 11.8. The molecule has 0 spiro atoms. The van der Waals surface area contributed by atoms with Gasteiger partial charge in [-0.05, 0) is 34.1 Å². The molecular formula is C13H24O4. The van der Waals surface area contributed by atoms with E-state index in [-0.39, 0.29) is 12.1 Å². The van der Waals surface area contributed by atoms with Gasteiger partial charge < -0.3 is 14.2 Å². The molecule has 4 nitrogen and oxygen atoms in total. The van der Waals surface area contributed by atoms with Crippen LogP contribution in [-0.4, -0.2) is 31.1 Å². The normalized spacial score (nSPS) is 24.4. The smallest absolute Gasteiger partial charge is 0.311 e. The Hall–Kier alpha value is -0.610. The van der Waals surface area contributed by atoms with Crippen molar-refractivity contribution in [3.8, 4) is 0 Å². The highest BCUT2D eigenvalue weighted by molar-refractivity contribution is 5.75. The van der Waals surface area contributed by atoms with Gasteiger partial charge in [0.05, 0.1) is 18.1 Å². The summed E-state index contributed by atoms with van der Waals surface area (Å²) in [4.78, 5) is 11.8. The minimum Gasteiger partial charge on any atom is -0.463 e. The average molecular weight is 244 g/mol. The summed E-state index contributed by atoms with van der Waals surface area (Å²) >= 11 is 0. The van der Waals surface area contributed by atoms with Gasteiger partial charge in [0.2, 0.25) is 0 Å². The van der Waals surface area contributed by atoms with E-state index in [1.165, 1.54) is 0 Å². The summed E-state index contributed by atoms with van der Waals surface area (Å²) in [7, 11) is 0. The molecule has 0 bridgehead atoms. The molecule has 0 saturated carbocycles. The summed E-state index contributed by atoms with van der Waals surface area (Å²) in [5, 5.41) is 0. The van der Waals surface area contributed by atoms with Crippen molar-refractivity contribution in [1.29, 1.82) is 0 Å². The molecule has 0 aromatic heterocycles. The maximum Gasteiger partial charge on any atom is 0.311 e. The fourth-order valence-electron chi connectivity index (χ4n) is 1.56. The van der Waals surface area contributed by atoms with E-state index in [0.29, 0.717) is 13.2 Å². The van der Waals surface area contributed by atoms with E-state index in [1.54, 1.807) is 0 Å². The first-order valence-corrected chi connectivity index (χ1v) is 6.26. The molecule has 0 amide bonds. The van der Waals surface area contributed by atoms with Crippen LogP contribution in [-0.2, 0) is 19.0 Å². The highest BCUT2D eigenvalue weighted by Gasteiger charge is 2.32. The largest absolute Gasteiger partial charge is 0.463 e. The fraction of sp³-hybridized carbons (Fsp3) is 0.923. The molecule has 0 aromatic carbocycles. The molecule has 0 aromatic rings. The molecule has 1 fully saturated rings. The summed E-state index contributed by atoms with van der Waals surface area (Å²) in [6.07, 6.45) is 1.48. The molecule has 1 saturated heterocycles. The number of hydrogen-bond acceptors (Lipinski definition) is 4. The standard InChI is InChI=1S/C13H24O4/c1-6-12(2,3)11(14)15-9-10-7-8-16-13(4,5)17-10/h10H,6-9H2,1-5H3. The summed E-state index contributed by atoms with van der Waals surface area (Å²) in [5.41, 5.74) is -0.416. The Morgan fingerprint density at radius 1 is 1.47 bits per heavy atom. The Morgan fingerprint density at radius 2 is 2.12 bits per heavy atom. The lowest BCUT2D eigenvalue weighted by molar-refractivity contribution is -0.279. The van der Waals surface area contributed by atoms with Crippen LogP contribution in [0.5, 0.6) is 0 Å². The highest BCUT2D eigenvalue weighted by atomic mass is 16.7. The van der Waals surface area contributed by atoms with Gasteiger partial charge in [0, 0.05) is 6.42 Å². The predicted molar refractivity (Wildman–Crippen MR) is 64.6 cm³/mol. The second kappa shape index (κ2) is 5.36. The molecule has 0 aliphatic carbocycles. The third kappa shape index (κ3) is 4.28. The van der Waals surface area contributed by atoms with Crippen LogP contribution >= 0.6 is 0 Å². The number of rotatable bonds is 4. The minimum atomic E-state index is -0.574. The average Bonchev–Trinajstić information content (AvgIpc) is 2.24. The highest BCUT2D eigenvalue weighted by Crippen LogP contribution is 2.24. The zero-order valence-corrected chi connectivity index (χ0v) is 11.5. The van der Waals surface area contributed by atoms with Crippen LogP contribution in [0.2, 0.25) is 0 Å². The molecule has 1 unspecified atom stereocenters. The van der Waals surface area contributed by atoms with Crippen LogP contribution in [0.1, 0.15) is 47.5 Å². The number of esters is 1. The Morgan fingerprint density at radius 3 is 2.65 bits per heavy atom. The van der Waals surface area contributed by atoms with Crippen molar-refractivity contribution in [2.45, 2.75) is 59.4 Å². The van der Waals surface area contributed by atoms with Crippen LogP contribution in [0.3, 0.4) is 0 Å². The zero-order chi connectivity index (χ0) is 13.1. The van der Waals surface area contributed by atoms with Gasteiger partial charge in [0.1, 0.15) is 6.61 Å². The van der Waals surface area contributed by atoms with Crippen molar-refractivity contribution in [3.05, 3.63) is 0 Å². The molecule has 1 aliphatic heterocycles. The molecular weight excluding hydrogens is 220 g/mol. The number of carbonyl (C=O) groups is 1. The number of carbonyl (C=O) groups excluding carboxylic acids is 1. The Labute approximate surface area is 104 Å². The molecule has 1 heterocycles. The van der Waals surface area contributed by atoms with E-state index in [4.69, 9.17) is 14.2 Å². The molecule has 4 heteroatoms. The monoisotopic (exact) mass is 244 g/mol. The van der Waals surface area contributed by atoms with E-state index in [2.05, 4.69) is 0 Å². The Balaban J connectivity index is 2.38. The van der Waals surface area contributed by atoms with Crippen LogP contribution < -0.4 is 0 Å². The van der Waals surface area contributed by atoms with E-state index < -0.39 is 11.2 Å². The fourth-order valence-corrected chi connectivity index (χ4v) is 1.56. The van der Waals surface area contributed by atoms with Crippen LogP contribution in [0.25, 0.3) is 0 Å². The summed E-state index contributed by atoms with van der Waals surface area (Å²) < 4.78 is 16.4. The molecule has 1 aliphatic rings. The molecule has 0 N–H and O–H groups in total. The molecule has 17 heavy (non-hydrogen) atoms. The van der Waals surface area contributed by atoms with E-state index in [9.17, 15) is 4.79 Å². The molecule has 1 rings (SSSR count). The van der Waals surface area contributed by atoms with Crippen LogP contribution in [0.4, 0.5) is 0 Å². The van der Waals surface area contributed by atoms with E-state index >= 15 is 0 Å². The Bertz CT molecular complexity index is 271. The van der Waals surface area contributed by atoms with Crippen molar-refractivity contribution < 1.29 is 19.0 Å². The van der Waals surface area contributed by atoms with Gasteiger partial charge in [0.25, 0.3) is 0 Å². The zero-order valence-electron chi connectivity index (χ0n) is 11.5. The van der Waals surface area contributed by atoms with Gasteiger partial charge in [-0.25, -0.2) is 0 Å². The second-order valence-corrected chi connectivity index (χ2v) is 5.61. The van der Waals surface area contributed by atoms with Crippen molar-refractivity contribution in [3.63, 3.8) is 0 Å². The second-order valence-electron chi connectivity index (χ2n) is 5.61. The minimum absolute atomic E-state index is 0.0599. The molecule has 100 valence electrons. The van der Waals surface area contributed by atoms with Gasteiger partial charge in [-0.1, -0.05) is 6.92 Å². The van der Waals surface area contributed by atoms with Crippen LogP contribution in [0.15, 0.2) is 0 Å². The quantitative estimate of drug-likeness (QED) is 0.713. The SMILES string of the molecule is CCC(C)(C)C(=O)OCC1CCOC(C)(C)O1. The predicted octanol–water partition coefficient (Wildman–Crippen LogP) is 2.51. The van der Waals surface area contributed by atoms with Crippen molar-refractivity contribution in [2.24, 2.45) is 5.41 Å². The van der Waals surface area contributed by atoms with Gasteiger partial charge in [0.15, 0.2) is 5.79 Å². The van der Waals surface area contributed by atoms with Gasteiger partial charge in [-0.3, -0.25) is 4.79 Å². The first kappa shape index (κ1) is 14.5. The topological polar surface area (TPSA) is 44.8 Å². The lowest BCUT2D eigenvalue weighted by Crippen LogP contribution is -2.42. The number of hydrogen-bond donors (Lipinski definition) is 0. The maximum absolute atomic E-state index is 11.8. The lowest BCUT2D eigenvalue weighted by atomic mass is 9.91. The van der Waals surface area contributed by atoms with Crippen molar-refractivity contribution in [1.82, 2.24) is 0 Å². The first-order chi connectivity index (χ1) is 7.77. The van der Waals surface area contributed by atoms with Gasteiger partial charge in [-0.15, -0.1) is 0 Å². The van der Waals surface area contributed by atoms with E-state index in [1.807, 2.05) is 34.6 Å². The summed E-state index contributed by atoms with van der Waals surface area (Å²) in [6, 6.07) is 0. The molecule has 0 radical (unpaired) electrons. The third-order valence-electron chi connectivity index (χ3n) is 3.18. The molecule has 1 atom stereocenters. The summed E-state index contributed by atoms with van der Waals surface area (Å²) in [6.45, 7) is 10.5. The first-order valence-electron chi connectivity index (χ1n) is 6.26. The lowest BCUT2D eigenvalue weighted by Gasteiger charge is -2.36. The summed E-state index contributed by atoms with van der Waals surface area (Å²) in [5.74, 6) is -0.733. The number of ether oxygens (including phenoxy) is 3. The van der Waals surface area contributed by atoms with Crippen molar-refractivity contribution >= 4 is 5.97 Å². The van der Waals surface area contributed by atoms with Crippen molar-refractivity contribution in [2.75, 3.05) is 13.2 Å². The van der Waals surface area contributed by atoms with Gasteiger partial charge >= 0.3 is 5.97 Å². The Kier molecular flexibility index (Phi) is 4.55. The third-order valence-corrected chi connectivity index (χ3v) is 3.18. The van der Waals surface area contributed by atoms with E-state index in [0.717, 1.165) is 12.8 Å². The van der Waals surface area contributed by atoms with Gasteiger partial charge in [-0.2, -0.15) is 0 Å².